The second kappa shape index (κ2) is 10.4. The molecule has 1 saturated heterocycles. The number of ether oxygens (including phenoxy) is 1. The zero-order valence-electron chi connectivity index (χ0n) is 20.8. The lowest BCUT2D eigenvalue weighted by atomic mass is 9.97. The van der Waals surface area contributed by atoms with E-state index in [0.717, 1.165) is 46.1 Å². The van der Waals surface area contributed by atoms with Crippen LogP contribution in [-0.2, 0) is 24.2 Å². The van der Waals surface area contributed by atoms with E-state index in [9.17, 15) is 4.79 Å². The van der Waals surface area contributed by atoms with Gasteiger partial charge in [0.1, 0.15) is 0 Å². The summed E-state index contributed by atoms with van der Waals surface area (Å²) in [4.78, 5) is 20.0. The average molecular weight is 491 g/mol. The molecule has 186 valence electrons. The average Bonchev–Trinajstić information content (AvgIpc) is 3.59. The lowest BCUT2D eigenvalue weighted by Crippen LogP contribution is -2.40. The summed E-state index contributed by atoms with van der Waals surface area (Å²) in [5.41, 5.74) is 5.18. The van der Waals surface area contributed by atoms with Crippen LogP contribution in [0.15, 0.2) is 97.7 Å². The summed E-state index contributed by atoms with van der Waals surface area (Å²) >= 11 is 0. The van der Waals surface area contributed by atoms with E-state index in [1.54, 1.807) is 0 Å². The summed E-state index contributed by atoms with van der Waals surface area (Å²) < 4.78 is 9.82. The van der Waals surface area contributed by atoms with Crippen molar-refractivity contribution in [3.8, 4) is 11.1 Å². The maximum Gasteiger partial charge on any atom is 0.256 e. The van der Waals surface area contributed by atoms with Crippen molar-refractivity contribution in [3.63, 3.8) is 0 Å². The molecule has 6 nitrogen and oxygen atoms in total. The minimum atomic E-state index is 0.0579. The van der Waals surface area contributed by atoms with Crippen LogP contribution in [0, 0.1) is 0 Å². The smallest absolute Gasteiger partial charge is 0.256 e. The van der Waals surface area contributed by atoms with Gasteiger partial charge in [0.25, 0.3) is 5.91 Å². The van der Waals surface area contributed by atoms with Crippen molar-refractivity contribution >= 4 is 16.7 Å². The molecule has 37 heavy (non-hydrogen) atoms. The largest absolute Gasteiger partial charge is 0.378 e. The molecule has 0 bridgehead atoms. The van der Waals surface area contributed by atoms with Crippen molar-refractivity contribution in [2.75, 3.05) is 26.3 Å². The minimum absolute atomic E-state index is 0.0579. The fraction of sp³-hybridized carbons (Fsp3) is 0.226. The first-order valence-corrected chi connectivity index (χ1v) is 12.8. The highest BCUT2D eigenvalue weighted by molar-refractivity contribution is 6.06. The lowest BCUT2D eigenvalue weighted by Gasteiger charge is -2.27. The molecule has 0 radical (unpaired) electrons. The molecule has 0 spiro atoms. The van der Waals surface area contributed by atoms with E-state index in [-0.39, 0.29) is 5.91 Å². The summed E-state index contributed by atoms with van der Waals surface area (Å²) in [6, 6.07) is 25.1. The molecule has 1 aliphatic rings. The van der Waals surface area contributed by atoms with E-state index in [4.69, 9.17) is 4.74 Å². The normalized spacial score (nSPS) is 13.8. The van der Waals surface area contributed by atoms with E-state index in [2.05, 4.69) is 81.0 Å². The number of amides is 1. The summed E-state index contributed by atoms with van der Waals surface area (Å²) in [5.74, 6) is 0.0579. The second-order valence-corrected chi connectivity index (χ2v) is 9.50. The molecule has 1 amide bonds. The number of hydrogen-bond acceptors (Lipinski definition) is 3. The van der Waals surface area contributed by atoms with E-state index in [1.165, 1.54) is 5.56 Å². The van der Waals surface area contributed by atoms with Gasteiger partial charge >= 0.3 is 0 Å². The Bertz CT molecular complexity index is 1510. The topological polar surface area (TPSA) is 52.3 Å². The molecule has 0 saturated carbocycles. The number of hydrogen-bond donors (Lipinski definition) is 0. The van der Waals surface area contributed by atoms with E-state index in [1.807, 2.05) is 35.8 Å². The Morgan fingerprint density at radius 2 is 1.65 bits per heavy atom. The van der Waals surface area contributed by atoms with E-state index >= 15 is 0 Å². The van der Waals surface area contributed by atoms with Gasteiger partial charge in [0, 0.05) is 43.8 Å². The predicted molar refractivity (Wildman–Crippen MR) is 146 cm³/mol. The molecule has 6 rings (SSSR count). The van der Waals surface area contributed by atoms with Gasteiger partial charge in [0.15, 0.2) is 0 Å². The van der Waals surface area contributed by atoms with Gasteiger partial charge in [0.2, 0.25) is 0 Å². The first-order valence-electron chi connectivity index (χ1n) is 12.8. The third-order valence-corrected chi connectivity index (χ3v) is 7.12. The molecule has 1 fully saturated rings. The molecule has 0 atom stereocenters. The van der Waals surface area contributed by atoms with Gasteiger partial charge in [-0.05, 0) is 28.3 Å². The van der Waals surface area contributed by atoms with E-state index in [0.29, 0.717) is 32.8 Å². The molecular formula is C31H30N4O2. The lowest BCUT2D eigenvalue weighted by molar-refractivity contribution is 0.0303. The highest BCUT2D eigenvalue weighted by Gasteiger charge is 2.24. The van der Waals surface area contributed by atoms with Gasteiger partial charge in [-0.1, -0.05) is 72.8 Å². The highest BCUT2D eigenvalue weighted by Crippen LogP contribution is 2.33. The number of carbonyl (C=O) groups excluding carboxylic acids is 1. The number of aryl methyl sites for hydroxylation is 2. The molecule has 3 heterocycles. The molecular weight excluding hydrogens is 460 g/mol. The monoisotopic (exact) mass is 490 g/mol. The third kappa shape index (κ3) is 4.93. The number of benzene rings is 3. The van der Waals surface area contributed by atoms with Gasteiger partial charge < -0.3 is 18.8 Å². The number of morpholine rings is 1. The molecule has 6 heteroatoms. The predicted octanol–water partition coefficient (Wildman–Crippen LogP) is 5.27. The zero-order chi connectivity index (χ0) is 25.0. The molecule has 0 aliphatic carbocycles. The molecule has 2 aromatic heterocycles. The fourth-order valence-corrected chi connectivity index (χ4v) is 5.14. The van der Waals surface area contributed by atoms with Crippen molar-refractivity contribution in [3.05, 3.63) is 115 Å². The van der Waals surface area contributed by atoms with Crippen LogP contribution < -0.4 is 0 Å². The van der Waals surface area contributed by atoms with Crippen LogP contribution in [0.3, 0.4) is 0 Å². The maximum atomic E-state index is 13.7. The Balaban J connectivity index is 1.34. The molecule has 0 N–H and O–H groups in total. The van der Waals surface area contributed by atoms with E-state index < -0.39 is 0 Å². The number of carbonyl (C=O) groups is 1. The van der Waals surface area contributed by atoms with Crippen LogP contribution in [0.4, 0.5) is 0 Å². The first-order chi connectivity index (χ1) is 18.3. The van der Waals surface area contributed by atoms with Crippen LogP contribution in [0.5, 0.6) is 0 Å². The van der Waals surface area contributed by atoms with Gasteiger partial charge in [0.05, 0.1) is 37.3 Å². The maximum absolute atomic E-state index is 13.7. The molecule has 3 aromatic carbocycles. The van der Waals surface area contributed by atoms with Gasteiger partial charge in [-0.3, -0.25) is 4.79 Å². The summed E-state index contributed by atoms with van der Waals surface area (Å²) in [7, 11) is 0. The van der Waals surface area contributed by atoms with Crippen LogP contribution in [0.1, 0.15) is 21.6 Å². The van der Waals surface area contributed by atoms with Crippen molar-refractivity contribution < 1.29 is 9.53 Å². The first kappa shape index (κ1) is 23.3. The van der Waals surface area contributed by atoms with Crippen LogP contribution >= 0.6 is 0 Å². The highest BCUT2D eigenvalue weighted by atomic mass is 16.5. The Morgan fingerprint density at radius 1 is 0.865 bits per heavy atom. The Morgan fingerprint density at radius 3 is 2.51 bits per heavy atom. The van der Waals surface area contributed by atoms with Crippen LogP contribution in [0.2, 0.25) is 0 Å². The molecule has 1 aliphatic heterocycles. The van der Waals surface area contributed by atoms with Gasteiger partial charge in [-0.2, -0.15) is 0 Å². The summed E-state index contributed by atoms with van der Waals surface area (Å²) in [5, 5.41) is 2.31. The minimum Gasteiger partial charge on any atom is -0.378 e. The van der Waals surface area contributed by atoms with Crippen molar-refractivity contribution in [1.82, 2.24) is 19.0 Å². The number of fused-ring (bicyclic) bond motifs is 1. The quantitative estimate of drug-likeness (QED) is 0.312. The molecule has 5 aromatic rings. The summed E-state index contributed by atoms with van der Waals surface area (Å²) in [6.45, 7) is 3.89. The third-order valence-electron chi connectivity index (χ3n) is 7.12. The number of nitrogens with zero attached hydrogens (tertiary/aromatic N) is 4. The van der Waals surface area contributed by atoms with Crippen LogP contribution in [0.25, 0.3) is 21.9 Å². The standard InChI is InChI=1S/C31H30N4O2/c36-31(34-15-17-37-18-16-34)30-22-33(21-29(30)28-12-6-10-25-9-4-5-11-27(25)28)20-26-19-32-23-35(26)14-13-24-7-2-1-3-8-24/h1-12,19,21-23H,13-18,20H2. The summed E-state index contributed by atoms with van der Waals surface area (Å²) in [6.07, 6.45) is 8.88. The zero-order valence-corrected chi connectivity index (χ0v) is 20.8. The van der Waals surface area contributed by atoms with Gasteiger partial charge in [-0.15, -0.1) is 0 Å². The van der Waals surface area contributed by atoms with Crippen molar-refractivity contribution in [1.29, 1.82) is 0 Å². The molecule has 0 unspecified atom stereocenters. The fourth-order valence-electron chi connectivity index (χ4n) is 5.14. The number of imidazole rings is 1. The Hall–Kier alpha value is -4.16. The second-order valence-electron chi connectivity index (χ2n) is 9.50. The number of rotatable bonds is 7. The number of aromatic nitrogens is 3. The van der Waals surface area contributed by atoms with Gasteiger partial charge in [-0.25, -0.2) is 4.98 Å². The Labute approximate surface area is 216 Å². The van der Waals surface area contributed by atoms with Crippen molar-refractivity contribution in [2.24, 2.45) is 0 Å². The Kier molecular flexibility index (Phi) is 6.57. The van der Waals surface area contributed by atoms with Crippen LogP contribution in [-0.4, -0.2) is 51.2 Å². The SMILES string of the molecule is O=C(c1cn(Cc2cncn2CCc2ccccc2)cc1-c1cccc2ccccc12)N1CCOCC1. The van der Waals surface area contributed by atoms with Crippen molar-refractivity contribution in [2.45, 2.75) is 19.5 Å².